The van der Waals surface area contributed by atoms with Crippen molar-refractivity contribution >= 4 is 11.7 Å². The molecule has 0 unspecified atom stereocenters. The molecule has 8 heteroatoms. The lowest BCUT2D eigenvalue weighted by Gasteiger charge is -2.50. The maximum absolute atomic E-state index is 13.4. The van der Waals surface area contributed by atoms with Crippen LogP contribution in [0.2, 0.25) is 0 Å². The highest BCUT2D eigenvalue weighted by Crippen LogP contribution is 2.43. The number of carbonyl (C=O) groups excluding carboxylic acids is 2. The second kappa shape index (κ2) is 8.40. The first-order valence-electron chi connectivity index (χ1n) is 12.0. The van der Waals surface area contributed by atoms with E-state index in [1.54, 1.807) is 4.90 Å². The SMILES string of the molecule is CC1=C(C(F)(F)F)C=C(C(=O)N2CCC3(CC2)c2ccc(C(=O)C(C)(C)C)n2CCN3C)CC1. The number of aromatic nitrogens is 1. The Morgan fingerprint density at radius 3 is 2.21 bits per heavy atom. The summed E-state index contributed by atoms with van der Waals surface area (Å²) >= 11 is 0. The number of piperidine rings is 1. The number of hydrogen-bond donors (Lipinski definition) is 0. The van der Waals surface area contributed by atoms with Gasteiger partial charge >= 0.3 is 6.18 Å². The average Bonchev–Trinajstić information content (AvgIpc) is 3.20. The Labute approximate surface area is 199 Å². The van der Waals surface area contributed by atoms with E-state index in [4.69, 9.17) is 0 Å². The molecule has 0 saturated carbocycles. The van der Waals surface area contributed by atoms with Crippen molar-refractivity contribution in [2.45, 2.75) is 71.6 Å². The predicted octanol–water partition coefficient (Wildman–Crippen LogP) is 5.08. The number of allylic oxidation sites excluding steroid dienone is 3. The zero-order valence-corrected chi connectivity index (χ0v) is 20.7. The Morgan fingerprint density at radius 2 is 1.62 bits per heavy atom. The summed E-state index contributed by atoms with van der Waals surface area (Å²) in [6.07, 6.45) is -1.44. The van der Waals surface area contributed by atoms with Crippen molar-refractivity contribution in [2.24, 2.45) is 5.41 Å². The first-order chi connectivity index (χ1) is 15.8. The molecule has 1 fully saturated rings. The van der Waals surface area contributed by atoms with Gasteiger partial charge in [-0.2, -0.15) is 13.2 Å². The Hall–Kier alpha value is -2.35. The third kappa shape index (κ3) is 4.14. The summed E-state index contributed by atoms with van der Waals surface area (Å²) in [7, 11) is 2.08. The standard InChI is InChI=1S/C26H34F3N3O2/c1-17-6-7-18(16-19(17)26(27,28)29)23(34)31-12-10-25(11-13-31)21-9-8-20(22(33)24(2,3)4)32(21)15-14-30(25)5/h8-9,16H,6-7,10-15H2,1-5H3. The molecule has 34 heavy (non-hydrogen) atoms. The maximum atomic E-state index is 13.4. The molecule has 1 aliphatic carbocycles. The highest BCUT2D eigenvalue weighted by Gasteiger charge is 2.46. The minimum atomic E-state index is -4.44. The number of ketones is 1. The van der Waals surface area contributed by atoms with Crippen LogP contribution in [0.25, 0.3) is 0 Å². The van der Waals surface area contributed by atoms with Gasteiger partial charge in [-0.1, -0.05) is 26.3 Å². The number of halogens is 3. The highest BCUT2D eigenvalue weighted by atomic mass is 19.4. The van der Waals surface area contributed by atoms with Gasteiger partial charge in [-0.3, -0.25) is 14.5 Å². The van der Waals surface area contributed by atoms with E-state index in [1.165, 1.54) is 6.92 Å². The maximum Gasteiger partial charge on any atom is 0.416 e. The van der Waals surface area contributed by atoms with Gasteiger partial charge in [0.05, 0.1) is 16.8 Å². The number of likely N-dealkylation sites (N-methyl/N-ethyl adjacent to an activating group) is 1. The minimum absolute atomic E-state index is 0.110. The first kappa shape index (κ1) is 24.8. The molecule has 1 amide bonds. The van der Waals surface area contributed by atoms with Crippen LogP contribution in [-0.4, -0.2) is 58.9 Å². The zero-order valence-electron chi connectivity index (χ0n) is 20.7. The Morgan fingerprint density at radius 1 is 0.971 bits per heavy atom. The third-order valence-electron chi connectivity index (χ3n) is 7.77. The number of likely N-dealkylation sites (tertiary alicyclic amines) is 1. The predicted molar refractivity (Wildman–Crippen MR) is 124 cm³/mol. The minimum Gasteiger partial charge on any atom is -0.339 e. The van der Waals surface area contributed by atoms with Gasteiger partial charge < -0.3 is 9.47 Å². The van der Waals surface area contributed by atoms with Crippen LogP contribution in [-0.2, 0) is 16.9 Å². The summed E-state index contributed by atoms with van der Waals surface area (Å²) in [6, 6.07) is 3.96. The number of rotatable bonds is 2. The lowest BCUT2D eigenvalue weighted by Crippen LogP contribution is -2.57. The summed E-state index contributed by atoms with van der Waals surface area (Å²) in [5.41, 5.74) is 0.895. The van der Waals surface area contributed by atoms with E-state index >= 15 is 0 Å². The van der Waals surface area contributed by atoms with Crippen molar-refractivity contribution in [3.05, 3.63) is 46.3 Å². The molecular formula is C26H34F3N3O2. The Bertz CT molecular complexity index is 1060. The quantitative estimate of drug-likeness (QED) is 0.558. The largest absolute Gasteiger partial charge is 0.416 e. The van der Waals surface area contributed by atoms with Crippen molar-refractivity contribution in [3.8, 4) is 0 Å². The van der Waals surface area contributed by atoms with E-state index in [0.29, 0.717) is 32.4 Å². The van der Waals surface area contributed by atoms with Gasteiger partial charge in [0.15, 0.2) is 5.78 Å². The molecule has 1 aromatic heterocycles. The molecular weight excluding hydrogens is 443 g/mol. The van der Waals surface area contributed by atoms with Crippen LogP contribution in [0, 0.1) is 5.41 Å². The summed E-state index contributed by atoms with van der Waals surface area (Å²) in [5, 5.41) is 0. The topological polar surface area (TPSA) is 45.6 Å². The van der Waals surface area contributed by atoms with E-state index in [9.17, 15) is 22.8 Å². The summed E-state index contributed by atoms with van der Waals surface area (Å²) in [6.45, 7) is 9.72. The smallest absolute Gasteiger partial charge is 0.339 e. The fourth-order valence-electron chi connectivity index (χ4n) is 5.60. The third-order valence-corrected chi connectivity index (χ3v) is 7.77. The fourth-order valence-corrected chi connectivity index (χ4v) is 5.60. The highest BCUT2D eigenvalue weighted by molar-refractivity contribution is 5.98. The Balaban J connectivity index is 1.56. The number of carbonyl (C=O) groups is 2. The molecule has 0 bridgehead atoms. The van der Waals surface area contributed by atoms with E-state index in [0.717, 1.165) is 30.6 Å². The second-order valence-electron chi connectivity index (χ2n) is 10.9. The van der Waals surface area contributed by atoms with Gasteiger partial charge in [-0.15, -0.1) is 0 Å². The van der Waals surface area contributed by atoms with Gasteiger partial charge in [0, 0.05) is 42.9 Å². The van der Waals surface area contributed by atoms with E-state index in [1.807, 2.05) is 32.9 Å². The van der Waals surface area contributed by atoms with Crippen LogP contribution in [0.3, 0.4) is 0 Å². The zero-order chi connectivity index (χ0) is 25.1. The molecule has 4 rings (SSSR count). The van der Waals surface area contributed by atoms with Crippen LogP contribution in [0.4, 0.5) is 13.2 Å². The Kier molecular flexibility index (Phi) is 6.12. The molecule has 5 nitrogen and oxygen atoms in total. The molecule has 1 saturated heterocycles. The molecule has 3 aliphatic rings. The van der Waals surface area contributed by atoms with Crippen LogP contribution in [0.5, 0.6) is 0 Å². The van der Waals surface area contributed by atoms with Gasteiger partial charge in [-0.05, 0) is 57.9 Å². The van der Waals surface area contributed by atoms with Crippen molar-refractivity contribution in [2.75, 3.05) is 26.7 Å². The van der Waals surface area contributed by atoms with Gasteiger partial charge in [0.2, 0.25) is 5.91 Å². The summed E-state index contributed by atoms with van der Waals surface area (Å²) < 4.78 is 42.2. The number of Topliss-reactive ketones (excluding diaryl/α,β-unsaturated/α-hetero) is 1. The van der Waals surface area contributed by atoms with E-state index in [-0.39, 0.29) is 34.8 Å². The molecule has 1 aromatic rings. The van der Waals surface area contributed by atoms with Crippen LogP contribution in [0.15, 0.2) is 34.9 Å². The van der Waals surface area contributed by atoms with Crippen LogP contribution >= 0.6 is 0 Å². The number of fused-ring (bicyclic) bond motifs is 2. The van der Waals surface area contributed by atoms with Crippen molar-refractivity contribution in [1.29, 1.82) is 0 Å². The van der Waals surface area contributed by atoms with Crippen molar-refractivity contribution in [3.63, 3.8) is 0 Å². The number of nitrogens with zero attached hydrogens (tertiary/aromatic N) is 3. The van der Waals surface area contributed by atoms with Gasteiger partial charge in [0.1, 0.15) is 0 Å². The van der Waals surface area contributed by atoms with E-state index in [2.05, 4.69) is 16.5 Å². The van der Waals surface area contributed by atoms with Gasteiger partial charge in [-0.25, -0.2) is 0 Å². The fraction of sp³-hybridized carbons (Fsp3) is 0.615. The summed E-state index contributed by atoms with van der Waals surface area (Å²) in [4.78, 5) is 30.2. The molecule has 0 N–H and O–H groups in total. The number of hydrogen-bond acceptors (Lipinski definition) is 3. The summed E-state index contributed by atoms with van der Waals surface area (Å²) in [5.74, 6) is -0.180. The van der Waals surface area contributed by atoms with Crippen LogP contribution < -0.4 is 0 Å². The lowest BCUT2D eigenvalue weighted by atomic mass is 9.81. The van der Waals surface area contributed by atoms with Gasteiger partial charge in [0.25, 0.3) is 0 Å². The van der Waals surface area contributed by atoms with Crippen LogP contribution in [0.1, 0.15) is 69.6 Å². The monoisotopic (exact) mass is 477 g/mol. The van der Waals surface area contributed by atoms with Crippen molar-refractivity contribution < 1.29 is 22.8 Å². The molecule has 0 aromatic carbocycles. The molecule has 0 atom stereocenters. The molecule has 2 aliphatic heterocycles. The second-order valence-corrected chi connectivity index (χ2v) is 10.9. The number of amides is 1. The van der Waals surface area contributed by atoms with E-state index < -0.39 is 17.2 Å². The normalized spacial score (nSPS) is 21.5. The molecule has 1 spiro atoms. The molecule has 3 heterocycles. The molecule has 186 valence electrons. The first-order valence-corrected chi connectivity index (χ1v) is 12.0. The lowest BCUT2D eigenvalue weighted by molar-refractivity contribution is -0.130. The number of alkyl halides is 3. The average molecular weight is 478 g/mol. The molecule has 0 radical (unpaired) electrons. The van der Waals surface area contributed by atoms with Crippen molar-refractivity contribution in [1.82, 2.24) is 14.4 Å².